The van der Waals surface area contributed by atoms with Crippen molar-refractivity contribution in [3.63, 3.8) is 0 Å². The molecule has 0 saturated carbocycles. The highest BCUT2D eigenvalue weighted by molar-refractivity contribution is 5.90. The molecule has 1 saturated heterocycles. The summed E-state index contributed by atoms with van der Waals surface area (Å²) in [7, 11) is 5.14. The maximum atomic E-state index is 14.2. The normalized spacial score (nSPS) is 18.8. The van der Waals surface area contributed by atoms with Gasteiger partial charge in [-0.25, -0.2) is 0 Å². The van der Waals surface area contributed by atoms with Crippen LogP contribution < -0.4 is 5.32 Å². The van der Waals surface area contributed by atoms with E-state index in [-0.39, 0.29) is 78.6 Å². The highest BCUT2D eigenvalue weighted by Gasteiger charge is 2.42. The van der Waals surface area contributed by atoms with Gasteiger partial charge >= 0.3 is 0 Å². The van der Waals surface area contributed by atoms with Crippen molar-refractivity contribution in [2.45, 2.75) is 124 Å². The lowest BCUT2D eigenvalue weighted by Gasteiger charge is -2.41. The van der Waals surface area contributed by atoms with Gasteiger partial charge in [0, 0.05) is 81.7 Å². The molecule has 1 aromatic heterocycles. The molecule has 1 aliphatic heterocycles. The van der Waals surface area contributed by atoms with Crippen LogP contribution in [-0.2, 0) is 30.3 Å². The molecular weight excluding hydrogens is 668 g/mol. The summed E-state index contributed by atoms with van der Waals surface area (Å²) in [6, 6.07) is 7.14. The molecule has 0 aliphatic carbocycles. The number of hydrogen-bond donors (Lipinski definition) is 2. The largest absolute Gasteiger partial charge is 0.396 e. The lowest BCUT2D eigenvalue weighted by Crippen LogP contribution is -2.54. The van der Waals surface area contributed by atoms with E-state index in [1.165, 1.54) is 0 Å². The van der Waals surface area contributed by atoms with E-state index in [4.69, 9.17) is 4.74 Å². The number of aliphatic hydroxyl groups excluding tert-OH is 1. The molecule has 296 valence electrons. The molecule has 0 bridgehead atoms. The summed E-state index contributed by atoms with van der Waals surface area (Å²) < 4.78 is 6.03. The van der Waals surface area contributed by atoms with E-state index < -0.39 is 24.0 Å². The summed E-state index contributed by atoms with van der Waals surface area (Å²) in [5.74, 6) is -1.32. The van der Waals surface area contributed by atoms with Crippen LogP contribution in [0.15, 0.2) is 36.7 Å². The molecule has 1 fully saturated rings. The number of rotatable bonds is 22. The number of benzene rings is 1. The third-order valence-corrected chi connectivity index (χ3v) is 12.0. The fraction of sp³-hybridized carbons (Fsp3) is 0.698. The van der Waals surface area contributed by atoms with Crippen LogP contribution in [0.25, 0.3) is 10.8 Å². The number of ketones is 2. The van der Waals surface area contributed by atoms with Gasteiger partial charge in [0.1, 0.15) is 5.78 Å². The average molecular weight is 737 g/mol. The molecule has 53 heavy (non-hydrogen) atoms. The molecule has 2 aromatic rings. The highest BCUT2D eigenvalue weighted by Crippen LogP contribution is 2.33. The first kappa shape index (κ1) is 44.2. The molecule has 2 heterocycles. The van der Waals surface area contributed by atoms with Gasteiger partial charge in [0.05, 0.1) is 24.6 Å². The van der Waals surface area contributed by atoms with Gasteiger partial charge in [-0.1, -0.05) is 79.2 Å². The van der Waals surface area contributed by atoms with Crippen molar-refractivity contribution in [1.29, 1.82) is 0 Å². The van der Waals surface area contributed by atoms with Gasteiger partial charge in [-0.05, 0) is 61.4 Å². The Bertz CT molecular complexity index is 1490. The van der Waals surface area contributed by atoms with Gasteiger partial charge in [0.15, 0.2) is 5.78 Å². The number of carbonyl (C=O) groups excluding carboxylic acids is 4. The fourth-order valence-electron chi connectivity index (χ4n) is 8.56. The Morgan fingerprint density at radius 1 is 1.02 bits per heavy atom. The minimum Gasteiger partial charge on any atom is -0.396 e. The smallest absolute Gasteiger partial charge is 0.226 e. The first-order valence-electron chi connectivity index (χ1n) is 20.0. The van der Waals surface area contributed by atoms with E-state index in [1.807, 2.05) is 70.1 Å². The van der Waals surface area contributed by atoms with E-state index in [9.17, 15) is 24.3 Å². The van der Waals surface area contributed by atoms with Crippen LogP contribution in [0.4, 0.5) is 0 Å². The summed E-state index contributed by atoms with van der Waals surface area (Å²) in [6.07, 6.45) is 7.45. The number of Topliss-reactive ketones (excluding diaryl/α,β-unsaturated/α-hetero) is 2. The number of likely N-dealkylation sites (tertiary alicyclic amines) is 1. The number of aromatic nitrogens is 1. The minimum absolute atomic E-state index is 0.0211. The van der Waals surface area contributed by atoms with Crippen LogP contribution in [-0.4, -0.2) is 102 Å². The zero-order valence-corrected chi connectivity index (χ0v) is 34.1. The average Bonchev–Trinajstić information content (AvgIpc) is 3.63. The molecule has 1 aliphatic rings. The van der Waals surface area contributed by atoms with Crippen molar-refractivity contribution < 1.29 is 29.0 Å². The molecule has 2 amide bonds. The van der Waals surface area contributed by atoms with Crippen molar-refractivity contribution in [3.05, 3.63) is 42.2 Å². The second kappa shape index (κ2) is 21.0. The maximum absolute atomic E-state index is 14.2. The number of nitrogens with one attached hydrogen (secondary N) is 1. The topological polar surface area (TPSA) is 129 Å². The number of carbonyl (C=O) groups is 4. The van der Waals surface area contributed by atoms with E-state index in [0.717, 1.165) is 42.0 Å². The summed E-state index contributed by atoms with van der Waals surface area (Å²) >= 11 is 0. The molecule has 2 N–H and O–H groups in total. The number of methoxy groups -OCH3 is 1. The molecule has 0 radical (unpaired) electrons. The Hall–Kier alpha value is -3.21. The number of hydrogen-bond acceptors (Lipinski definition) is 8. The van der Waals surface area contributed by atoms with Gasteiger partial charge < -0.3 is 25.0 Å². The van der Waals surface area contributed by atoms with Gasteiger partial charge in [-0.15, -0.1) is 0 Å². The zero-order chi connectivity index (χ0) is 39.4. The first-order valence-corrected chi connectivity index (χ1v) is 20.0. The van der Waals surface area contributed by atoms with Crippen molar-refractivity contribution in [2.75, 3.05) is 34.4 Å². The van der Waals surface area contributed by atoms with Crippen LogP contribution in [0.5, 0.6) is 0 Å². The second-order valence-corrected chi connectivity index (χ2v) is 16.1. The van der Waals surface area contributed by atoms with Crippen molar-refractivity contribution in [1.82, 2.24) is 20.1 Å². The lowest BCUT2D eigenvalue weighted by atomic mass is 9.82. The second-order valence-electron chi connectivity index (χ2n) is 16.1. The molecule has 10 nitrogen and oxygen atoms in total. The third-order valence-electron chi connectivity index (χ3n) is 12.0. The number of nitrogens with zero attached hydrogens (tertiary/aromatic N) is 3. The SMILES string of the molecule is CC[C@H](C)C([C@@H](CC(=O)N1CCC[C@H]1[C@H](CO)[C@@H](C)C(=O)CCCc1cncc2ccccc12)OC)N(C)C(=O)[C@@H](CC(=O)[C@@H](NC)C(C)C)C(C)C. The third kappa shape index (κ3) is 11.2. The molecule has 1 aromatic carbocycles. The number of pyridine rings is 1. The minimum atomic E-state index is -0.577. The first-order chi connectivity index (χ1) is 25.2. The Labute approximate surface area is 318 Å². The van der Waals surface area contributed by atoms with Gasteiger partial charge in [0.2, 0.25) is 11.8 Å². The summed E-state index contributed by atoms with van der Waals surface area (Å²) in [4.78, 5) is 63.1. The van der Waals surface area contributed by atoms with Crippen LogP contribution in [0.1, 0.15) is 99.0 Å². The van der Waals surface area contributed by atoms with Gasteiger partial charge in [-0.2, -0.15) is 0 Å². The predicted octanol–water partition coefficient (Wildman–Crippen LogP) is 6.12. The van der Waals surface area contributed by atoms with Crippen LogP contribution >= 0.6 is 0 Å². The standard InChI is InChI=1S/C43H68N4O6/c1-11-29(6)42(46(9)43(52)34(27(2)3)22-38(50)41(44-8)28(4)5)39(53-10)23-40(51)47-21-15-19-36(47)35(26-48)30(7)37(49)20-14-17-32-25-45-24-31-16-12-13-18-33(31)32/h12-13,16,18,24-25,27-30,34-36,39,41-42,44,48H,11,14-15,17,19-23,26H2,1-10H3/t29-,30+,34-,35+,36-,39+,41-,42?/m0/s1. The van der Waals surface area contributed by atoms with Crippen molar-refractivity contribution in [3.8, 4) is 0 Å². The Balaban J connectivity index is 1.72. The number of amides is 2. The number of aliphatic hydroxyl groups is 1. The van der Waals surface area contributed by atoms with E-state index in [2.05, 4.69) is 30.2 Å². The van der Waals surface area contributed by atoms with Crippen LogP contribution in [0.2, 0.25) is 0 Å². The Morgan fingerprint density at radius 2 is 1.72 bits per heavy atom. The summed E-state index contributed by atoms with van der Waals surface area (Å²) in [5.41, 5.74) is 1.12. The fourth-order valence-corrected chi connectivity index (χ4v) is 8.56. The van der Waals surface area contributed by atoms with Crippen molar-refractivity contribution in [2.24, 2.45) is 35.5 Å². The highest BCUT2D eigenvalue weighted by atomic mass is 16.5. The molecule has 8 atom stereocenters. The molecular formula is C43H68N4O6. The molecule has 3 rings (SSSR count). The van der Waals surface area contributed by atoms with E-state index >= 15 is 0 Å². The maximum Gasteiger partial charge on any atom is 0.226 e. The predicted molar refractivity (Wildman–Crippen MR) is 211 cm³/mol. The lowest BCUT2D eigenvalue weighted by molar-refractivity contribution is -0.148. The summed E-state index contributed by atoms with van der Waals surface area (Å²) in [6.45, 7) is 14.3. The van der Waals surface area contributed by atoms with Crippen LogP contribution in [0, 0.1) is 35.5 Å². The number of fused-ring (bicyclic) bond motifs is 1. The van der Waals surface area contributed by atoms with E-state index in [0.29, 0.717) is 19.4 Å². The van der Waals surface area contributed by atoms with Crippen molar-refractivity contribution >= 4 is 34.2 Å². The molecule has 0 spiro atoms. The zero-order valence-electron chi connectivity index (χ0n) is 34.1. The molecule has 10 heteroatoms. The Kier molecular flexibility index (Phi) is 17.5. The quantitative estimate of drug-likeness (QED) is 0.148. The number of aryl methyl sites for hydroxylation is 1. The monoisotopic (exact) mass is 737 g/mol. The van der Waals surface area contributed by atoms with Gasteiger partial charge in [0.25, 0.3) is 0 Å². The number of ether oxygens (including phenoxy) is 1. The van der Waals surface area contributed by atoms with E-state index in [1.54, 1.807) is 26.1 Å². The van der Waals surface area contributed by atoms with Gasteiger partial charge in [-0.3, -0.25) is 24.2 Å². The van der Waals surface area contributed by atoms with Crippen LogP contribution in [0.3, 0.4) is 0 Å². The number of likely N-dealkylation sites (N-methyl/N-ethyl adjacent to an activating group) is 2. The Morgan fingerprint density at radius 3 is 2.32 bits per heavy atom. The molecule has 1 unspecified atom stereocenters. The summed E-state index contributed by atoms with van der Waals surface area (Å²) in [5, 5.41) is 16.0.